The largest absolute Gasteiger partial charge is 0.478 e. The van der Waals surface area contributed by atoms with Gasteiger partial charge in [0.1, 0.15) is 0 Å². The van der Waals surface area contributed by atoms with Crippen molar-refractivity contribution in [1.29, 1.82) is 0 Å². The average Bonchev–Trinajstić information content (AvgIpc) is 2.44. The predicted molar refractivity (Wildman–Crippen MR) is 81.2 cm³/mol. The van der Waals surface area contributed by atoms with E-state index in [1.807, 2.05) is 0 Å². The van der Waals surface area contributed by atoms with Crippen molar-refractivity contribution >= 4 is 29.3 Å². The highest BCUT2D eigenvalue weighted by molar-refractivity contribution is 6.31. The van der Waals surface area contributed by atoms with Crippen LogP contribution in [0.5, 0.6) is 0 Å². The molecule has 0 heterocycles. The second-order valence-corrected chi connectivity index (χ2v) is 4.78. The second kappa shape index (κ2) is 9.20. The average molecular weight is 315 g/mol. The van der Waals surface area contributed by atoms with Crippen LogP contribution >= 0.6 is 11.6 Å². The SMILES string of the molecule is CCCCOCCNC(=O)Nc1ccc(Cl)cc1C(=O)O. The molecule has 2 amide bonds. The molecule has 3 N–H and O–H groups in total. The maximum absolute atomic E-state index is 11.7. The van der Waals surface area contributed by atoms with Crippen molar-refractivity contribution in [3.8, 4) is 0 Å². The summed E-state index contributed by atoms with van der Waals surface area (Å²) >= 11 is 5.73. The number of carbonyl (C=O) groups is 2. The van der Waals surface area contributed by atoms with Crippen LogP contribution in [-0.2, 0) is 4.74 Å². The van der Waals surface area contributed by atoms with Crippen LogP contribution in [0.4, 0.5) is 10.5 Å². The van der Waals surface area contributed by atoms with Gasteiger partial charge in [0.15, 0.2) is 0 Å². The van der Waals surface area contributed by atoms with Crippen LogP contribution in [0.1, 0.15) is 30.1 Å². The van der Waals surface area contributed by atoms with Crippen LogP contribution in [0.15, 0.2) is 18.2 Å². The molecule has 0 unspecified atom stereocenters. The maximum atomic E-state index is 11.7. The van der Waals surface area contributed by atoms with Crippen molar-refractivity contribution in [3.63, 3.8) is 0 Å². The molecular formula is C14H19ClN2O4. The van der Waals surface area contributed by atoms with Gasteiger partial charge in [0.25, 0.3) is 0 Å². The number of carbonyl (C=O) groups excluding carboxylic acids is 1. The summed E-state index contributed by atoms with van der Waals surface area (Å²) in [5, 5.41) is 14.4. The molecule has 1 aromatic carbocycles. The number of halogens is 1. The summed E-state index contributed by atoms with van der Waals surface area (Å²) in [5.74, 6) is -1.16. The molecule has 0 aliphatic carbocycles. The number of rotatable bonds is 8. The van der Waals surface area contributed by atoms with Gasteiger partial charge in [0.05, 0.1) is 17.9 Å². The van der Waals surface area contributed by atoms with E-state index in [-0.39, 0.29) is 11.3 Å². The lowest BCUT2D eigenvalue weighted by Gasteiger charge is -2.10. The van der Waals surface area contributed by atoms with Crippen LogP contribution in [0.3, 0.4) is 0 Å². The number of benzene rings is 1. The Balaban J connectivity index is 2.43. The van der Waals surface area contributed by atoms with Gasteiger partial charge in [-0.25, -0.2) is 9.59 Å². The topological polar surface area (TPSA) is 87.7 Å². The van der Waals surface area contributed by atoms with Gasteiger partial charge in [-0.2, -0.15) is 0 Å². The van der Waals surface area contributed by atoms with Gasteiger partial charge in [-0.15, -0.1) is 0 Å². The number of urea groups is 1. The minimum atomic E-state index is -1.16. The molecule has 0 spiro atoms. The molecule has 1 aromatic rings. The Labute approximate surface area is 128 Å². The zero-order valence-corrected chi connectivity index (χ0v) is 12.6. The molecular weight excluding hydrogens is 296 g/mol. The van der Waals surface area contributed by atoms with Gasteiger partial charge in [-0.3, -0.25) is 0 Å². The lowest BCUT2D eigenvalue weighted by atomic mass is 10.2. The highest BCUT2D eigenvalue weighted by atomic mass is 35.5. The number of carboxylic acids is 1. The Morgan fingerprint density at radius 1 is 1.33 bits per heavy atom. The maximum Gasteiger partial charge on any atom is 0.337 e. The monoisotopic (exact) mass is 314 g/mol. The van der Waals surface area contributed by atoms with E-state index in [0.29, 0.717) is 24.8 Å². The molecule has 0 aliphatic heterocycles. The molecule has 0 aromatic heterocycles. The summed E-state index contributed by atoms with van der Waals surface area (Å²) in [5.41, 5.74) is 0.133. The number of anilines is 1. The minimum Gasteiger partial charge on any atom is -0.478 e. The highest BCUT2D eigenvalue weighted by Crippen LogP contribution is 2.20. The van der Waals surface area contributed by atoms with Crippen LogP contribution in [0.2, 0.25) is 5.02 Å². The molecule has 0 saturated heterocycles. The van der Waals surface area contributed by atoms with Crippen molar-refractivity contribution in [1.82, 2.24) is 5.32 Å². The van der Waals surface area contributed by atoms with Crippen molar-refractivity contribution < 1.29 is 19.4 Å². The molecule has 0 fully saturated rings. The van der Waals surface area contributed by atoms with Crippen molar-refractivity contribution in [2.75, 3.05) is 25.1 Å². The van der Waals surface area contributed by atoms with E-state index in [1.165, 1.54) is 18.2 Å². The smallest absolute Gasteiger partial charge is 0.337 e. The van der Waals surface area contributed by atoms with E-state index in [9.17, 15) is 9.59 Å². The Hall–Kier alpha value is -1.79. The van der Waals surface area contributed by atoms with Crippen LogP contribution in [0, 0.1) is 0 Å². The van der Waals surface area contributed by atoms with E-state index in [4.69, 9.17) is 21.4 Å². The Morgan fingerprint density at radius 3 is 2.76 bits per heavy atom. The van der Waals surface area contributed by atoms with Crippen molar-refractivity contribution in [3.05, 3.63) is 28.8 Å². The molecule has 0 bridgehead atoms. The Bertz CT molecular complexity index is 494. The van der Waals surface area contributed by atoms with Gasteiger partial charge in [-0.05, 0) is 24.6 Å². The quantitative estimate of drug-likeness (QED) is 0.644. The third-order valence-electron chi connectivity index (χ3n) is 2.63. The van der Waals surface area contributed by atoms with E-state index in [1.54, 1.807) is 0 Å². The number of ether oxygens (including phenoxy) is 1. The molecule has 116 valence electrons. The van der Waals surface area contributed by atoms with Gasteiger partial charge < -0.3 is 20.5 Å². The molecule has 0 atom stereocenters. The zero-order chi connectivity index (χ0) is 15.7. The second-order valence-electron chi connectivity index (χ2n) is 4.34. The molecule has 1 rings (SSSR count). The Kier molecular flexibility index (Phi) is 7.56. The lowest BCUT2D eigenvalue weighted by Crippen LogP contribution is -2.32. The zero-order valence-electron chi connectivity index (χ0n) is 11.8. The van der Waals surface area contributed by atoms with Crippen LogP contribution in [-0.4, -0.2) is 36.9 Å². The fraction of sp³-hybridized carbons (Fsp3) is 0.429. The van der Waals surface area contributed by atoms with Crippen LogP contribution in [0.25, 0.3) is 0 Å². The Morgan fingerprint density at radius 2 is 2.10 bits per heavy atom. The van der Waals surface area contributed by atoms with Gasteiger partial charge in [0.2, 0.25) is 0 Å². The summed E-state index contributed by atoms with van der Waals surface area (Å²) in [6.07, 6.45) is 2.04. The van der Waals surface area contributed by atoms with Gasteiger partial charge >= 0.3 is 12.0 Å². The number of carboxylic acid groups (broad SMARTS) is 1. The standard InChI is InChI=1S/C14H19ClN2O4/c1-2-3-7-21-8-6-16-14(20)17-12-5-4-10(15)9-11(12)13(18)19/h4-5,9H,2-3,6-8H2,1H3,(H,18,19)(H2,16,17,20). The number of aromatic carboxylic acids is 1. The van der Waals surface area contributed by atoms with Gasteiger partial charge in [0, 0.05) is 18.2 Å². The molecule has 0 aliphatic rings. The van der Waals surface area contributed by atoms with E-state index < -0.39 is 12.0 Å². The third kappa shape index (κ3) is 6.46. The van der Waals surface area contributed by atoms with E-state index in [0.717, 1.165) is 12.8 Å². The summed E-state index contributed by atoms with van der Waals surface area (Å²) in [6, 6.07) is 3.76. The summed E-state index contributed by atoms with van der Waals surface area (Å²) in [7, 11) is 0. The first-order valence-electron chi connectivity index (χ1n) is 6.70. The molecule has 7 heteroatoms. The number of unbranched alkanes of at least 4 members (excludes halogenated alkanes) is 1. The molecule has 0 saturated carbocycles. The summed E-state index contributed by atoms with van der Waals surface area (Å²) in [4.78, 5) is 22.7. The molecule has 6 nitrogen and oxygen atoms in total. The molecule has 0 radical (unpaired) electrons. The summed E-state index contributed by atoms with van der Waals surface area (Å²) in [6.45, 7) is 3.51. The first kappa shape index (κ1) is 17.3. The lowest BCUT2D eigenvalue weighted by molar-refractivity contribution is 0.0698. The third-order valence-corrected chi connectivity index (χ3v) is 2.87. The number of nitrogens with one attached hydrogen (secondary N) is 2. The van der Waals surface area contributed by atoms with Crippen LogP contribution < -0.4 is 10.6 Å². The number of hydrogen-bond acceptors (Lipinski definition) is 3. The summed E-state index contributed by atoms with van der Waals surface area (Å²) < 4.78 is 5.30. The number of amides is 2. The fourth-order valence-corrected chi connectivity index (χ4v) is 1.73. The minimum absolute atomic E-state index is 0.0585. The van der Waals surface area contributed by atoms with Crippen molar-refractivity contribution in [2.45, 2.75) is 19.8 Å². The predicted octanol–water partition coefficient (Wildman–Crippen LogP) is 2.98. The van der Waals surface area contributed by atoms with Gasteiger partial charge in [-0.1, -0.05) is 24.9 Å². The fourth-order valence-electron chi connectivity index (χ4n) is 1.55. The number of hydrogen-bond donors (Lipinski definition) is 3. The normalized spacial score (nSPS) is 10.2. The first-order valence-corrected chi connectivity index (χ1v) is 7.07. The van der Waals surface area contributed by atoms with E-state index in [2.05, 4.69) is 17.6 Å². The van der Waals surface area contributed by atoms with E-state index >= 15 is 0 Å². The van der Waals surface area contributed by atoms with Crippen molar-refractivity contribution in [2.24, 2.45) is 0 Å². The molecule has 21 heavy (non-hydrogen) atoms. The first-order chi connectivity index (χ1) is 10.0. The highest BCUT2D eigenvalue weighted by Gasteiger charge is 2.12.